The van der Waals surface area contributed by atoms with Gasteiger partial charge in [-0.05, 0) is 19.1 Å². The van der Waals surface area contributed by atoms with E-state index in [0.29, 0.717) is 12.1 Å². The van der Waals surface area contributed by atoms with Crippen LogP contribution >= 0.6 is 22.6 Å². The lowest BCUT2D eigenvalue weighted by atomic mass is 10.2. The van der Waals surface area contributed by atoms with Crippen molar-refractivity contribution in [2.45, 2.75) is 17.3 Å². The van der Waals surface area contributed by atoms with Gasteiger partial charge < -0.3 is 0 Å². The molecule has 1 heterocycles. The van der Waals surface area contributed by atoms with E-state index in [9.17, 15) is 9.59 Å². The number of halogens is 1. The predicted octanol–water partition coefficient (Wildman–Crippen LogP) is 2.06. The summed E-state index contributed by atoms with van der Waals surface area (Å²) >= 11 is 2.01. The maximum Gasteiger partial charge on any atom is 0.247 e. The van der Waals surface area contributed by atoms with E-state index >= 15 is 0 Å². The topological polar surface area (TPSA) is 37.4 Å². The standard InChI is InChI=1S/C11H10INO2/c1-7-2-4-8(5-3-7)13-10(14)6-9(12)11(13)15/h2-5,9H,6H2,1H3. The summed E-state index contributed by atoms with van der Waals surface area (Å²) in [6.45, 7) is 1.97. The summed E-state index contributed by atoms with van der Waals surface area (Å²) in [4.78, 5) is 24.6. The highest BCUT2D eigenvalue weighted by atomic mass is 127. The number of hydrogen-bond donors (Lipinski definition) is 0. The van der Waals surface area contributed by atoms with Crippen molar-refractivity contribution >= 4 is 40.1 Å². The van der Waals surface area contributed by atoms with Crippen LogP contribution in [0.25, 0.3) is 0 Å². The first kappa shape index (κ1) is 10.6. The molecule has 2 rings (SSSR count). The second-order valence-corrected chi connectivity index (χ2v) is 5.08. The SMILES string of the molecule is Cc1ccc(N2C(=O)CC(I)C2=O)cc1. The normalized spacial score (nSPS) is 21.2. The van der Waals surface area contributed by atoms with E-state index < -0.39 is 0 Å². The highest BCUT2D eigenvalue weighted by Crippen LogP contribution is 2.26. The molecule has 1 saturated heterocycles. The molecular weight excluding hydrogens is 305 g/mol. The van der Waals surface area contributed by atoms with Gasteiger partial charge in [-0.3, -0.25) is 9.59 Å². The van der Waals surface area contributed by atoms with Gasteiger partial charge in [0.25, 0.3) is 0 Å². The van der Waals surface area contributed by atoms with Crippen molar-refractivity contribution in [3.63, 3.8) is 0 Å². The van der Waals surface area contributed by atoms with E-state index in [0.717, 1.165) is 5.56 Å². The Bertz CT molecular complexity index is 413. The molecule has 1 atom stereocenters. The van der Waals surface area contributed by atoms with E-state index in [1.807, 2.05) is 41.6 Å². The molecule has 78 valence electrons. The fraction of sp³-hybridized carbons (Fsp3) is 0.273. The second kappa shape index (κ2) is 3.92. The molecule has 2 amide bonds. The second-order valence-electron chi connectivity index (χ2n) is 3.57. The number of imide groups is 1. The number of benzene rings is 1. The van der Waals surface area contributed by atoms with E-state index in [-0.39, 0.29) is 15.7 Å². The third kappa shape index (κ3) is 1.90. The monoisotopic (exact) mass is 315 g/mol. The molecule has 1 aromatic carbocycles. The average Bonchev–Trinajstić information content (AvgIpc) is 2.44. The summed E-state index contributed by atoms with van der Waals surface area (Å²) in [5, 5.41) is 0. The summed E-state index contributed by atoms with van der Waals surface area (Å²) in [7, 11) is 0. The Balaban J connectivity index is 2.35. The van der Waals surface area contributed by atoms with Crippen LogP contribution in [-0.4, -0.2) is 15.7 Å². The molecule has 0 radical (unpaired) electrons. The number of carbonyl (C=O) groups is 2. The van der Waals surface area contributed by atoms with Crippen LogP contribution in [0, 0.1) is 6.92 Å². The lowest BCUT2D eigenvalue weighted by Gasteiger charge is -2.13. The molecular formula is C11H10INO2. The van der Waals surface area contributed by atoms with Crippen LogP contribution in [0.4, 0.5) is 5.69 Å². The van der Waals surface area contributed by atoms with Crippen LogP contribution in [-0.2, 0) is 9.59 Å². The van der Waals surface area contributed by atoms with Gasteiger partial charge in [0.15, 0.2) is 0 Å². The Morgan fingerprint density at radius 3 is 2.33 bits per heavy atom. The smallest absolute Gasteiger partial charge is 0.247 e. The minimum atomic E-state index is -0.212. The van der Waals surface area contributed by atoms with Gasteiger partial charge in [-0.15, -0.1) is 0 Å². The molecule has 4 heteroatoms. The first-order valence-electron chi connectivity index (χ1n) is 4.67. The van der Waals surface area contributed by atoms with Crippen LogP contribution in [0.5, 0.6) is 0 Å². The lowest BCUT2D eigenvalue weighted by Crippen LogP contribution is -2.30. The van der Waals surface area contributed by atoms with E-state index in [1.54, 1.807) is 12.1 Å². The minimum absolute atomic E-state index is 0.107. The molecule has 1 aromatic rings. The average molecular weight is 315 g/mol. The third-order valence-electron chi connectivity index (χ3n) is 2.38. The zero-order valence-electron chi connectivity index (χ0n) is 8.24. The number of hydrogen-bond acceptors (Lipinski definition) is 2. The van der Waals surface area contributed by atoms with Gasteiger partial charge in [0.05, 0.1) is 9.61 Å². The predicted molar refractivity (Wildman–Crippen MR) is 66.1 cm³/mol. The van der Waals surface area contributed by atoms with E-state index in [4.69, 9.17) is 0 Å². The highest BCUT2D eigenvalue weighted by molar-refractivity contribution is 14.1. The van der Waals surface area contributed by atoms with Crippen molar-refractivity contribution < 1.29 is 9.59 Å². The molecule has 1 aliphatic heterocycles. The van der Waals surface area contributed by atoms with Gasteiger partial charge in [0, 0.05) is 6.42 Å². The fourth-order valence-corrected chi connectivity index (χ4v) is 2.22. The highest BCUT2D eigenvalue weighted by Gasteiger charge is 2.37. The van der Waals surface area contributed by atoms with Crippen LogP contribution in [0.15, 0.2) is 24.3 Å². The van der Waals surface area contributed by atoms with Crippen molar-refractivity contribution in [1.29, 1.82) is 0 Å². The summed E-state index contributed by atoms with van der Waals surface area (Å²) in [5.41, 5.74) is 1.79. The Hall–Kier alpha value is -0.910. The van der Waals surface area contributed by atoms with Crippen molar-refractivity contribution in [3.8, 4) is 0 Å². The van der Waals surface area contributed by atoms with Crippen molar-refractivity contribution in [3.05, 3.63) is 29.8 Å². The van der Waals surface area contributed by atoms with Gasteiger partial charge in [-0.1, -0.05) is 40.3 Å². The fourth-order valence-electron chi connectivity index (χ4n) is 1.56. The molecule has 1 aliphatic rings. The number of rotatable bonds is 1. The van der Waals surface area contributed by atoms with Gasteiger partial charge in [-0.2, -0.15) is 0 Å². The summed E-state index contributed by atoms with van der Waals surface area (Å²) in [5.74, 6) is -0.215. The lowest BCUT2D eigenvalue weighted by molar-refractivity contribution is -0.121. The molecule has 0 aromatic heterocycles. The zero-order chi connectivity index (χ0) is 11.0. The number of carbonyl (C=O) groups excluding carboxylic acids is 2. The number of aryl methyl sites for hydroxylation is 1. The molecule has 3 nitrogen and oxygen atoms in total. The van der Waals surface area contributed by atoms with Gasteiger partial charge in [0.2, 0.25) is 11.8 Å². The molecule has 0 spiro atoms. The molecule has 0 bridgehead atoms. The zero-order valence-corrected chi connectivity index (χ0v) is 10.4. The molecule has 1 unspecified atom stereocenters. The number of nitrogens with zero attached hydrogens (tertiary/aromatic N) is 1. The van der Waals surface area contributed by atoms with Crippen molar-refractivity contribution in [1.82, 2.24) is 0 Å². The first-order chi connectivity index (χ1) is 7.09. The van der Waals surface area contributed by atoms with Crippen molar-refractivity contribution in [2.24, 2.45) is 0 Å². The molecule has 0 N–H and O–H groups in total. The van der Waals surface area contributed by atoms with Crippen LogP contribution in [0.3, 0.4) is 0 Å². The maximum atomic E-state index is 11.7. The van der Waals surface area contributed by atoms with Gasteiger partial charge >= 0.3 is 0 Å². The number of amides is 2. The van der Waals surface area contributed by atoms with Crippen molar-refractivity contribution in [2.75, 3.05) is 4.90 Å². The van der Waals surface area contributed by atoms with Crippen LogP contribution in [0.1, 0.15) is 12.0 Å². The molecule has 1 fully saturated rings. The Morgan fingerprint density at radius 1 is 1.27 bits per heavy atom. The number of anilines is 1. The van der Waals surface area contributed by atoms with E-state index in [2.05, 4.69) is 0 Å². The molecule has 0 saturated carbocycles. The Labute approximate surface area is 102 Å². The Morgan fingerprint density at radius 2 is 1.87 bits per heavy atom. The van der Waals surface area contributed by atoms with Crippen LogP contribution < -0.4 is 4.90 Å². The number of alkyl halides is 1. The summed E-state index contributed by atoms with van der Waals surface area (Å²) in [6, 6.07) is 7.41. The maximum absolute atomic E-state index is 11.7. The minimum Gasteiger partial charge on any atom is -0.274 e. The van der Waals surface area contributed by atoms with Crippen LogP contribution in [0.2, 0.25) is 0 Å². The van der Waals surface area contributed by atoms with Gasteiger partial charge in [-0.25, -0.2) is 4.90 Å². The largest absolute Gasteiger partial charge is 0.274 e. The molecule has 0 aliphatic carbocycles. The third-order valence-corrected chi connectivity index (χ3v) is 3.36. The summed E-state index contributed by atoms with van der Waals surface area (Å²) < 4.78 is -0.212. The Kier molecular flexibility index (Phi) is 2.77. The van der Waals surface area contributed by atoms with E-state index in [1.165, 1.54) is 4.90 Å². The summed E-state index contributed by atoms with van der Waals surface area (Å²) in [6.07, 6.45) is 0.313. The first-order valence-corrected chi connectivity index (χ1v) is 5.91. The van der Waals surface area contributed by atoms with Gasteiger partial charge in [0.1, 0.15) is 0 Å². The molecule has 15 heavy (non-hydrogen) atoms. The quantitative estimate of drug-likeness (QED) is 0.452.